The number of anilines is 2. The maximum Gasteiger partial charge on any atom is 0.227 e. The summed E-state index contributed by atoms with van der Waals surface area (Å²) in [5.41, 5.74) is 1.98. The molecule has 9 nitrogen and oxygen atoms in total. The highest BCUT2D eigenvalue weighted by molar-refractivity contribution is 7.88. The largest absolute Gasteiger partial charge is 0.356 e. The van der Waals surface area contributed by atoms with Crippen molar-refractivity contribution < 1.29 is 12.9 Å². The zero-order chi connectivity index (χ0) is 21.4. The van der Waals surface area contributed by atoms with E-state index in [2.05, 4.69) is 19.9 Å². The predicted molar refractivity (Wildman–Crippen MR) is 119 cm³/mol. The SMILES string of the molecule is Cc1cc(N2CCCC2)nc(N2CCN(S(=O)(=O)Cc3noc4ccccc34)CC2)n1. The molecule has 0 aliphatic carbocycles. The molecule has 3 aromatic rings. The maximum absolute atomic E-state index is 13.0. The first-order valence-electron chi connectivity index (χ1n) is 10.7. The van der Waals surface area contributed by atoms with Crippen molar-refractivity contribution in [2.75, 3.05) is 49.1 Å². The molecule has 4 heterocycles. The summed E-state index contributed by atoms with van der Waals surface area (Å²) in [4.78, 5) is 13.7. The summed E-state index contributed by atoms with van der Waals surface area (Å²) >= 11 is 0. The summed E-state index contributed by atoms with van der Waals surface area (Å²) in [6.07, 6.45) is 2.38. The van der Waals surface area contributed by atoms with Gasteiger partial charge in [-0.05, 0) is 31.9 Å². The summed E-state index contributed by atoms with van der Waals surface area (Å²) in [7, 11) is -3.50. The number of hydrogen-bond donors (Lipinski definition) is 0. The van der Waals surface area contributed by atoms with Gasteiger partial charge in [-0.2, -0.15) is 9.29 Å². The van der Waals surface area contributed by atoms with Crippen LogP contribution >= 0.6 is 0 Å². The van der Waals surface area contributed by atoms with E-state index >= 15 is 0 Å². The first-order valence-corrected chi connectivity index (χ1v) is 12.3. The van der Waals surface area contributed by atoms with Gasteiger partial charge in [0.1, 0.15) is 17.3 Å². The van der Waals surface area contributed by atoms with Gasteiger partial charge in [-0.25, -0.2) is 13.4 Å². The van der Waals surface area contributed by atoms with E-state index in [1.807, 2.05) is 31.2 Å². The Bertz CT molecular complexity index is 1180. The quantitative estimate of drug-likeness (QED) is 0.593. The van der Waals surface area contributed by atoms with Crippen LogP contribution < -0.4 is 9.80 Å². The minimum absolute atomic E-state index is 0.163. The second-order valence-electron chi connectivity index (χ2n) is 8.13. The fraction of sp³-hybridized carbons (Fsp3) is 0.476. The molecule has 164 valence electrons. The molecule has 2 aromatic heterocycles. The van der Waals surface area contributed by atoms with E-state index in [1.165, 1.54) is 17.1 Å². The monoisotopic (exact) mass is 442 g/mol. The molecule has 0 bridgehead atoms. The van der Waals surface area contributed by atoms with Gasteiger partial charge in [0.2, 0.25) is 16.0 Å². The normalized spacial score (nSPS) is 18.2. The number of para-hydroxylation sites is 1. The predicted octanol–water partition coefficient (Wildman–Crippen LogP) is 2.18. The molecular formula is C21H26N6O3S. The number of nitrogens with zero attached hydrogens (tertiary/aromatic N) is 6. The number of aromatic nitrogens is 3. The molecule has 2 fully saturated rings. The van der Waals surface area contributed by atoms with Gasteiger partial charge in [0.25, 0.3) is 0 Å². The minimum Gasteiger partial charge on any atom is -0.356 e. The zero-order valence-corrected chi connectivity index (χ0v) is 18.4. The molecule has 1 aromatic carbocycles. The molecule has 0 atom stereocenters. The molecule has 0 N–H and O–H groups in total. The van der Waals surface area contributed by atoms with E-state index in [4.69, 9.17) is 9.51 Å². The van der Waals surface area contributed by atoms with Gasteiger partial charge < -0.3 is 14.3 Å². The van der Waals surface area contributed by atoms with Crippen molar-refractivity contribution in [1.29, 1.82) is 0 Å². The molecule has 5 rings (SSSR count). The molecule has 0 saturated carbocycles. The summed E-state index contributed by atoms with van der Waals surface area (Å²) < 4.78 is 32.8. The van der Waals surface area contributed by atoms with Crippen molar-refractivity contribution in [2.45, 2.75) is 25.5 Å². The average Bonchev–Trinajstić information content (AvgIpc) is 3.44. The zero-order valence-electron chi connectivity index (χ0n) is 17.6. The van der Waals surface area contributed by atoms with Gasteiger partial charge in [-0.1, -0.05) is 17.3 Å². The van der Waals surface area contributed by atoms with Gasteiger partial charge in [-0.15, -0.1) is 0 Å². The third-order valence-corrected chi connectivity index (χ3v) is 7.74. The Morgan fingerprint density at radius 2 is 1.71 bits per heavy atom. The van der Waals surface area contributed by atoms with Crippen LogP contribution in [-0.2, 0) is 15.8 Å². The molecule has 0 unspecified atom stereocenters. The van der Waals surface area contributed by atoms with Gasteiger partial charge in [0, 0.05) is 56.4 Å². The molecule has 0 amide bonds. The Labute approximate surface area is 181 Å². The summed E-state index contributed by atoms with van der Waals surface area (Å²) in [6.45, 7) is 5.94. The Hall–Kier alpha value is -2.72. The van der Waals surface area contributed by atoms with Crippen molar-refractivity contribution in [3.05, 3.63) is 41.7 Å². The molecule has 0 spiro atoms. The third kappa shape index (κ3) is 4.09. The Kier molecular flexibility index (Phi) is 5.27. The molecule has 0 radical (unpaired) electrons. The van der Waals surface area contributed by atoms with E-state index in [0.29, 0.717) is 43.4 Å². The molecule has 2 aliphatic rings. The highest BCUT2D eigenvalue weighted by atomic mass is 32.2. The number of hydrogen-bond acceptors (Lipinski definition) is 8. The standard InChI is InChI=1S/C21H26N6O3S/c1-16-14-20(25-8-4-5-9-25)23-21(22-16)26-10-12-27(13-11-26)31(28,29)15-18-17-6-2-3-7-19(17)30-24-18/h2-3,6-7,14H,4-5,8-13,15H2,1H3. The molecule has 2 saturated heterocycles. The number of piperazine rings is 1. The lowest BCUT2D eigenvalue weighted by Gasteiger charge is -2.34. The number of rotatable bonds is 5. The average molecular weight is 443 g/mol. The van der Waals surface area contributed by atoms with Gasteiger partial charge in [0.05, 0.1) is 0 Å². The van der Waals surface area contributed by atoms with Crippen LogP contribution in [0.2, 0.25) is 0 Å². The van der Waals surface area contributed by atoms with Crippen LogP contribution in [0, 0.1) is 6.92 Å². The number of fused-ring (bicyclic) bond motifs is 1. The topological polar surface area (TPSA) is 95.7 Å². The lowest BCUT2D eigenvalue weighted by Crippen LogP contribution is -2.49. The van der Waals surface area contributed by atoms with Crippen molar-refractivity contribution in [3.8, 4) is 0 Å². The van der Waals surface area contributed by atoms with Crippen molar-refractivity contribution in [1.82, 2.24) is 19.4 Å². The highest BCUT2D eigenvalue weighted by Gasteiger charge is 2.30. The first kappa shape index (κ1) is 20.2. The van der Waals surface area contributed by atoms with Gasteiger partial charge in [0.15, 0.2) is 5.58 Å². The lowest BCUT2D eigenvalue weighted by molar-refractivity contribution is 0.380. The molecular weight excluding hydrogens is 416 g/mol. The van der Waals surface area contributed by atoms with Crippen LogP contribution in [0.15, 0.2) is 34.9 Å². The van der Waals surface area contributed by atoms with Crippen LogP contribution in [0.1, 0.15) is 24.2 Å². The lowest BCUT2D eigenvalue weighted by atomic mass is 10.2. The van der Waals surface area contributed by atoms with Crippen LogP contribution in [0.5, 0.6) is 0 Å². The summed E-state index contributed by atoms with van der Waals surface area (Å²) in [5, 5.41) is 4.72. The molecule has 2 aliphatic heterocycles. The fourth-order valence-corrected chi connectivity index (χ4v) is 5.71. The smallest absolute Gasteiger partial charge is 0.227 e. The first-order chi connectivity index (χ1) is 15.0. The Balaban J connectivity index is 1.28. The van der Waals surface area contributed by atoms with Crippen molar-refractivity contribution >= 4 is 32.8 Å². The Morgan fingerprint density at radius 1 is 0.968 bits per heavy atom. The number of benzene rings is 1. The third-order valence-electron chi connectivity index (χ3n) is 5.95. The Morgan fingerprint density at radius 3 is 2.48 bits per heavy atom. The van der Waals surface area contributed by atoms with Crippen LogP contribution in [0.4, 0.5) is 11.8 Å². The van der Waals surface area contributed by atoms with Gasteiger partial charge in [-0.3, -0.25) is 0 Å². The molecule has 10 heteroatoms. The van der Waals surface area contributed by atoms with Crippen LogP contribution in [0.25, 0.3) is 11.0 Å². The van der Waals surface area contributed by atoms with Gasteiger partial charge >= 0.3 is 0 Å². The van der Waals surface area contributed by atoms with E-state index in [0.717, 1.165) is 30.0 Å². The second kappa shape index (κ2) is 8.08. The van der Waals surface area contributed by atoms with E-state index in [1.54, 1.807) is 6.07 Å². The maximum atomic E-state index is 13.0. The molecule has 31 heavy (non-hydrogen) atoms. The van der Waals surface area contributed by atoms with Crippen molar-refractivity contribution in [2.24, 2.45) is 0 Å². The summed E-state index contributed by atoms with van der Waals surface area (Å²) in [6, 6.07) is 9.34. The second-order valence-corrected chi connectivity index (χ2v) is 10.1. The number of sulfonamides is 1. The highest BCUT2D eigenvalue weighted by Crippen LogP contribution is 2.24. The van der Waals surface area contributed by atoms with Crippen LogP contribution in [-0.4, -0.2) is 67.1 Å². The van der Waals surface area contributed by atoms with Crippen molar-refractivity contribution in [3.63, 3.8) is 0 Å². The van der Waals surface area contributed by atoms with E-state index in [-0.39, 0.29) is 5.75 Å². The number of aryl methyl sites for hydroxylation is 1. The van der Waals surface area contributed by atoms with E-state index < -0.39 is 10.0 Å². The summed E-state index contributed by atoms with van der Waals surface area (Å²) in [5.74, 6) is 1.48. The fourth-order valence-electron chi connectivity index (χ4n) is 4.26. The minimum atomic E-state index is -3.50. The van der Waals surface area contributed by atoms with E-state index in [9.17, 15) is 8.42 Å². The van der Waals surface area contributed by atoms with Crippen LogP contribution in [0.3, 0.4) is 0 Å².